The zero-order valence-electron chi connectivity index (χ0n) is 17.0. The van der Waals surface area contributed by atoms with Crippen LogP contribution in [0.1, 0.15) is 37.3 Å². The van der Waals surface area contributed by atoms with Crippen LogP contribution in [0.3, 0.4) is 0 Å². The van der Waals surface area contributed by atoms with E-state index in [2.05, 4.69) is 9.36 Å². The number of carbonyl (C=O) groups is 1. The molecular weight excluding hydrogens is 420 g/mol. The van der Waals surface area contributed by atoms with Crippen LogP contribution in [0.2, 0.25) is 0 Å². The second-order valence-electron chi connectivity index (χ2n) is 6.91. The van der Waals surface area contributed by atoms with Gasteiger partial charge in [0.2, 0.25) is 14.2 Å². The number of hydrogen-bond acceptors (Lipinski definition) is 7. The fourth-order valence-electron chi connectivity index (χ4n) is 2.91. The van der Waals surface area contributed by atoms with E-state index in [1.165, 1.54) is 0 Å². The van der Waals surface area contributed by atoms with Crippen LogP contribution in [-0.4, -0.2) is 30.4 Å². The maximum absolute atomic E-state index is 12.8. The Morgan fingerprint density at radius 2 is 1.73 bits per heavy atom. The molecule has 0 atom stereocenters. The molecule has 0 N–H and O–H groups in total. The summed E-state index contributed by atoms with van der Waals surface area (Å²) in [5.41, 5.74) is 2.91. The van der Waals surface area contributed by atoms with Crippen LogP contribution < -0.4 is 0 Å². The van der Waals surface area contributed by atoms with Crippen LogP contribution >= 0.6 is 11.5 Å². The molecule has 158 valence electrons. The number of ether oxygens (including phenoxy) is 1. The maximum atomic E-state index is 12.8. The molecule has 0 fully saturated rings. The molecule has 6 nitrogen and oxygen atoms in total. The molecular formula is C22H24N2O4S2. The van der Waals surface area contributed by atoms with Gasteiger partial charge in [0.25, 0.3) is 0 Å². The number of sulfone groups is 1. The smallest absolute Gasteiger partial charge is 0.305 e. The van der Waals surface area contributed by atoms with Gasteiger partial charge in [0, 0.05) is 12.0 Å². The third-order valence-electron chi connectivity index (χ3n) is 4.58. The van der Waals surface area contributed by atoms with Gasteiger partial charge >= 0.3 is 5.97 Å². The first kappa shape index (κ1) is 22.1. The summed E-state index contributed by atoms with van der Waals surface area (Å²) >= 11 is 0.885. The Morgan fingerprint density at radius 1 is 1.03 bits per heavy atom. The highest BCUT2D eigenvalue weighted by atomic mass is 32.2. The highest BCUT2D eigenvalue weighted by molar-refractivity contribution is 7.93. The molecule has 0 radical (unpaired) electrons. The van der Waals surface area contributed by atoms with E-state index in [-0.39, 0.29) is 15.2 Å². The quantitative estimate of drug-likeness (QED) is 0.353. The number of nitrogens with zero attached hydrogens (tertiary/aromatic N) is 2. The van der Waals surface area contributed by atoms with Crippen molar-refractivity contribution in [3.63, 3.8) is 0 Å². The molecule has 0 saturated heterocycles. The van der Waals surface area contributed by atoms with Crippen molar-refractivity contribution in [3.05, 3.63) is 59.7 Å². The van der Waals surface area contributed by atoms with Crippen molar-refractivity contribution >= 4 is 27.3 Å². The normalized spacial score (nSPS) is 11.4. The monoisotopic (exact) mass is 444 g/mol. The average molecular weight is 445 g/mol. The van der Waals surface area contributed by atoms with Gasteiger partial charge in [0.15, 0.2) is 5.82 Å². The molecule has 0 bridgehead atoms. The second-order valence-corrected chi connectivity index (χ2v) is 9.78. The largest absolute Gasteiger partial charge is 0.466 e. The number of aromatic nitrogens is 2. The van der Waals surface area contributed by atoms with Gasteiger partial charge in [-0.05, 0) is 62.3 Å². The first-order valence-corrected chi connectivity index (χ1v) is 12.1. The van der Waals surface area contributed by atoms with Crippen LogP contribution in [0.5, 0.6) is 0 Å². The van der Waals surface area contributed by atoms with Gasteiger partial charge in [0.05, 0.1) is 11.5 Å². The lowest BCUT2D eigenvalue weighted by Gasteiger charge is -2.03. The Hall–Kier alpha value is -2.58. The molecule has 3 rings (SSSR count). The highest BCUT2D eigenvalue weighted by Gasteiger charge is 2.23. The van der Waals surface area contributed by atoms with Gasteiger partial charge in [-0.25, -0.2) is 13.4 Å². The van der Waals surface area contributed by atoms with Gasteiger partial charge in [-0.3, -0.25) is 4.79 Å². The van der Waals surface area contributed by atoms with Crippen LogP contribution in [0.15, 0.2) is 57.8 Å². The molecule has 0 amide bonds. The summed E-state index contributed by atoms with van der Waals surface area (Å²) in [5, 5.41) is 0. The topological polar surface area (TPSA) is 86.2 Å². The maximum Gasteiger partial charge on any atom is 0.305 e. The van der Waals surface area contributed by atoms with E-state index in [9.17, 15) is 13.2 Å². The third kappa shape index (κ3) is 5.52. The molecule has 0 saturated carbocycles. The van der Waals surface area contributed by atoms with Gasteiger partial charge in [0.1, 0.15) is 0 Å². The second kappa shape index (κ2) is 9.95. The summed E-state index contributed by atoms with van der Waals surface area (Å²) in [4.78, 5) is 15.8. The first-order chi connectivity index (χ1) is 14.4. The molecule has 0 aliphatic rings. The van der Waals surface area contributed by atoms with E-state index in [1.807, 2.05) is 31.2 Å². The fourth-order valence-corrected chi connectivity index (χ4v) is 5.04. The van der Waals surface area contributed by atoms with Crippen LogP contribution in [-0.2, 0) is 25.8 Å². The summed E-state index contributed by atoms with van der Waals surface area (Å²) in [6.07, 6.45) is 2.98. The van der Waals surface area contributed by atoms with Crippen molar-refractivity contribution in [1.29, 1.82) is 0 Å². The van der Waals surface area contributed by atoms with Gasteiger partial charge < -0.3 is 4.74 Å². The Labute approximate surface area is 181 Å². The molecule has 0 unspecified atom stereocenters. The van der Waals surface area contributed by atoms with E-state index in [0.29, 0.717) is 18.9 Å². The number of hydrogen-bond donors (Lipinski definition) is 0. The number of rotatable bonds is 9. The first-order valence-electron chi connectivity index (χ1n) is 9.80. The summed E-state index contributed by atoms with van der Waals surface area (Å²) in [6, 6.07) is 14.4. The number of esters is 1. The molecule has 1 heterocycles. The lowest BCUT2D eigenvalue weighted by atomic mass is 10.0. The zero-order chi connectivity index (χ0) is 21.6. The predicted octanol–water partition coefficient (Wildman–Crippen LogP) is 4.62. The molecule has 0 aliphatic carbocycles. The Balaban J connectivity index is 1.63. The van der Waals surface area contributed by atoms with Crippen LogP contribution in [0.4, 0.5) is 0 Å². The molecule has 0 spiro atoms. The molecule has 0 aliphatic heterocycles. The van der Waals surface area contributed by atoms with Crippen molar-refractivity contribution in [2.75, 3.05) is 6.61 Å². The van der Waals surface area contributed by atoms with E-state index in [1.54, 1.807) is 31.2 Å². The van der Waals surface area contributed by atoms with E-state index >= 15 is 0 Å². The van der Waals surface area contributed by atoms with Crippen molar-refractivity contribution in [3.8, 4) is 11.4 Å². The molecule has 2 aromatic carbocycles. The van der Waals surface area contributed by atoms with E-state index in [0.717, 1.165) is 47.5 Å². The van der Waals surface area contributed by atoms with Gasteiger partial charge in [-0.2, -0.15) is 4.37 Å². The minimum absolute atomic E-state index is 0.00982. The molecule has 30 heavy (non-hydrogen) atoms. The van der Waals surface area contributed by atoms with Gasteiger partial charge in [-0.15, -0.1) is 0 Å². The summed E-state index contributed by atoms with van der Waals surface area (Å²) < 4.78 is 34.7. The SMILES string of the molecule is CCOC(=O)CCCCc1ccc(-c2nsc(S(=O)(=O)c3ccc(C)cc3)n2)cc1. The zero-order valence-corrected chi connectivity index (χ0v) is 18.6. The third-order valence-corrected chi connectivity index (χ3v) is 7.42. The molecule has 1 aromatic heterocycles. The number of benzene rings is 2. The highest BCUT2D eigenvalue weighted by Crippen LogP contribution is 2.26. The van der Waals surface area contributed by atoms with Crippen molar-refractivity contribution in [2.24, 2.45) is 0 Å². The average Bonchev–Trinajstić information content (AvgIpc) is 3.23. The van der Waals surface area contributed by atoms with Crippen molar-refractivity contribution < 1.29 is 17.9 Å². The molecule has 3 aromatic rings. The summed E-state index contributed by atoms with van der Waals surface area (Å²) in [5.74, 6) is 0.249. The van der Waals surface area contributed by atoms with E-state index < -0.39 is 9.84 Å². The van der Waals surface area contributed by atoms with Crippen LogP contribution in [0.25, 0.3) is 11.4 Å². The Morgan fingerprint density at radius 3 is 2.40 bits per heavy atom. The van der Waals surface area contributed by atoms with Crippen molar-refractivity contribution in [2.45, 2.75) is 48.8 Å². The number of aryl methyl sites for hydroxylation is 2. The number of carbonyl (C=O) groups excluding carboxylic acids is 1. The van der Waals surface area contributed by atoms with Crippen molar-refractivity contribution in [1.82, 2.24) is 9.36 Å². The Kier molecular flexibility index (Phi) is 7.33. The lowest BCUT2D eigenvalue weighted by Crippen LogP contribution is -2.03. The van der Waals surface area contributed by atoms with Crippen LogP contribution in [0, 0.1) is 6.92 Å². The Bertz CT molecular complexity index is 1090. The number of unbranched alkanes of at least 4 members (excludes halogenated alkanes) is 1. The summed E-state index contributed by atoms with van der Waals surface area (Å²) in [7, 11) is -3.67. The minimum Gasteiger partial charge on any atom is -0.466 e. The lowest BCUT2D eigenvalue weighted by molar-refractivity contribution is -0.143. The summed E-state index contributed by atoms with van der Waals surface area (Å²) in [6.45, 7) is 4.13. The van der Waals surface area contributed by atoms with Gasteiger partial charge in [-0.1, -0.05) is 42.0 Å². The standard InChI is InChI=1S/C22H24N2O4S2/c1-3-28-20(25)7-5-4-6-17-10-12-18(13-11-17)21-23-22(29-24-21)30(26,27)19-14-8-16(2)9-15-19/h8-15H,3-7H2,1-2H3. The van der Waals surface area contributed by atoms with E-state index in [4.69, 9.17) is 4.74 Å². The minimum atomic E-state index is -3.67. The fraction of sp³-hybridized carbons (Fsp3) is 0.318. The predicted molar refractivity (Wildman–Crippen MR) is 116 cm³/mol. The molecule has 8 heteroatoms.